The quantitative estimate of drug-likeness (QED) is 0.545. The molecule has 0 radical (unpaired) electrons. The van der Waals surface area contributed by atoms with E-state index >= 15 is 0 Å². The molecule has 0 bridgehead atoms. The van der Waals surface area contributed by atoms with Gasteiger partial charge in [0.2, 0.25) is 0 Å². The molecule has 1 atom stereocenters. The lowest BCUT2D eigenvalue weighted by molar-refractivity contribution is 0.0935. The summed E-state index contributed by atoms with van der Waals surface area (Å²) in [6, 6.07) is 12.5. The van der Waals surface area contributed by atoms with Crippen LogP contribution in [-0.4, -0.2) is 30.5 Å². The fourth-order valence-corrected chi connectivity index (χ4v) is 3.26. The minimum Gasteiger partial charge on any atom is -0.345 e. The van der Waals surface area contributed by atoms with Gasteiger partial charge in [-0.15, -0.1) is 0 Å². The number of nitrogens with zero attached hydrogens (tertiary/aromatic N) is 4. The third kappa shape index (κ3) is 3.91. The van der Waals surface area contributed by atoms with Crippen LogP contribution in [0.5, 0.6) is 0 Å². The molecular formula is C21H20N6O2. The Labute approximate surface area is 166 Å². The summed E-state index contributed by atoms with van der Waals surface area (Å²) in [5, 5.41) is 5.99. The highest BCUT2D eigenvalue weighted by molar-refractivity contribution is 5.95. The van der Waals surface area contributed by atoms with Crippen molar-refractivity contribution in [2.45, 2.75) is 26.3 Å². The molecule has 2 N–H and O–H groups in total. The number of aryl methyl sites for hydroxylation is 2. The van der Waals surface area contributed by atoms with Gasteiger partial charge in [0.25, 0.3) is 11.5 Å². The van der Waals surface area contributed by atoms with E-state index < -0.39 is 0 Å². The maximum atomic E-state index is 12.8. The van der Waals surface area contributed by atoms with Gasteiger partial charge in [-0.2, -0.15) is 0 Å². The van der Waals surface area contributed by atoms with Crippen molar-refractivity contribution in [2.75, 3.05) is 0 Å². The van der Waals surface area contributed by atoms with Crippen molar-refractivity contribution in [2.24, 2.45) is 0 Å². The Kier molecular flexibility index (Phi) is 4.90. The van der Waals surface area contributed by atoms with Crippen LogP contribution in [0.15, 0.2) is 59.8 Å². The number of rotatable bonds is 5. The molecule has 0 spiro atoms. The summed E-state index contributed by atoms with van der Waals surface area (Å²) in [7, 11) is 0. The summed E-state index contributed by atoms with van der Waals surface area (Å²) >= 11 is 0. The fourth-order valence-electron chi connectivity index (χ4n) is 3.26. The molecule has 0 aliphatic heterocycles. The second kappa shape index (κ2) is 7.67. The molecule has 3 aromatic heterocycles. The number of amides is 1. The molecule has 0 fully saturated rings. The largest absolute Gasteiger partial charge is 0.345 e. The van der Waals surface area contributed by atoms with Crippen LogP contribution in [-0.2, 0) is 6.42 Å². The summed E-state index contributed by atoms with van der Waals surface area (Å²) < 4.78 is 1.40. The molecule has 8 heteroatoms. The van der Waals surface area contributed by atoms with Crippen LogP contribution in [0, 0.1) is 13.8 Å². The van der Waals surface area contributed by atoms with E-state index in [1.807, 2.05) is 43.3 Å². The third-order valence-corrected chi connectivity index (χ3v) is 4.71. The summed E-state index contributed by atoms with van der Waals surface area (Å²) in [6.07, 6.45) is 3.28. The first-order chi connectivity index (χ1) is 14.0. The van der Waals surface area contributed by atoms with E-state index in [0.29, 0.717) is 29.0 Å². The minimum absolute atomic E-state index is 0.191. The normalized spacial score (nSPS) is 12.1. The molecule has 4 aromatic rings. The Bertz CT molecular complexity index is 1230. The van der Waals surface area contributed by atoms with Crippen LogP contribution in [0.4, 0.5) is 0 Å². The number of carbonyl (C=O) groups excluding carboxylic acids is 1. The van der Waals surface area contributed by atoms with Gasteiger partial charge in [0.15, 0.2) is 5.65 Å². The van der Waals surface area contributed by atoms with Crippen molar-refractivity contribution in [3.05, 3.63) is 93.6 Å². The van der Waals surface area contributed by atoms with E-state index in [9.17, 15) is 9.59 Å². The first kappa shape index (κ1) is 18.5. The lowest BCUT2D eigenvalue weighted by Gasteiger charge is -2.19. The van der Waals surface area contributed by atoms with Crippen molar-refractivity contribution in [1.29, 1.82) is 0 Å². The molecule has 146 valence electrons. The van der Waals surface area contributed by atoms with Crippen LogP contribution in [0.3, 0.4) is 0 Å². The van der Waals surface area contributed by atoms with E-state index in [1.54, 1.807) is 6.92 Å². The number of aromatic amines is 1. The van der Waals surface area contributed by atoms with Crippen LogP contribution >= 0.6 is 0 Å². The summed E-state index contributed by atoms with van der Waals surface area (Å²) in [4.78, 5) is 37.8. The van der Waals surface area contributed by atoms with Crippen molar-refractivity contribution in [3.63, 3.8) is 0 Å². The number of benzene rings is 1. The number of hydrogen-bond acceptors (Lipinski definition) is 5. The lowest BCUT2D eigenvalue weighted by Crippen LogP contribution is -2.31. The zero-order valence-electron chi connectivity index (χ0n) is 16.1. The topological polar surface area (TPSA) is 105 Å². The zero-order chi connectivity index (χ0) is 20.4. The van der Waals surface area contributed by atoms with Gasteiger partial charge in [-0.25, -0.2) is 19.5 Å². The highest BCUT2D eigenvalue weighted by Gasteiger charge is 2.19. The van der Waals surface area contributed by atoms with Crippen LogP contribution in [0.2, 0.25) is 0 Å². The highest BCUT2D eigenvalue weighted by Crippen LogP contribution is 2.18. The molecule has 8 nitrogen and oxygen atoms in total. The first-order valence-electron chi connectivity index (χ1n) is 9.22. The van der Waals surface area contributed by atoms with Crippen molar-refractivity contribution < 1.29 is 4.79 Å². The molecule has 0 saturated carbocycles. The van der Waals surface area contributed by atoms with Gasteiger partial charge in [-0.05, 0) is 19.4 Å². The Balaban J connectivity index is 1.67. The molecule has 0 saturated heterocycles. The lowest BCUT2D eigenvalue weighted by atomic mass is 10.0. The van der Waals surface area contributed by atoms with E-state index in [1.165, 1.54) is 23.1 Å². The number of H-pyrrole nitrogens is 1. The molecule has 4 rings (SSSR count). The Morgan fingerprint density at radius 2 is 2.00 bits per heavy atom. The van der Waals surface area contributed by atoms with Gasteiger partial charge in [-0.1, -0.05) is 30.3 Å². The van der Waals surface area contributed by atoms with Gasteiger partial charge >= 0.3 is 0 Å². The average Bonchev–Trinajstić information content (AvgIpc) is 3.09. The fraction of sp³-hybridized carbons (Fsp3) is 0.190. The van der Waals surface area contributed by atoms with Gasteiger partial charge < -0.3 is 5.32 Å². The van der Waals surface area contributed by atoms with Crippen LogP contribution in [0.1, 0.15) is 39.0 Å². The number of aromatic nitrogens is 5. The smallest absolute Gasteiger partial charge is 0.272 e. The Morgan fingerprint density at radius 3 is 2.76 bits per heavy atom. The third-order valence-electron chi connectivity index (χ3n) is 4.71. The number of nitrogens with one attached hydrogen (secondary N) is 2. The van der Waals surface area contributed by atoms with Crippen LogP contribution < -0.4 is 10.9 Å². The summed E-state index contributed by atoms with van der Waals surface area (Å²) in [5.74, 6) is -0.271. The molecule has 0 aliphatic carbocycles. The molecule has 1 aromatic carbocycles. The van der Waals surface area contributed by atoms with Gasteiger partial charge in [0.05, 0.1) is 23.0 Å². The second-order valence-corrected chi connectivity index (χ2v) is 6.88. The van der Waals surface area contributed by atoms with Gasteiger partial charge in [0.1, 0.15) is 6.33 Å². The molecule has 0 aliphatic rings. The number of carbonyl (C=O) groups is 1. The second-order valence-electron chi connectivity index (χ2n) is 6.88. The highest BCUT2D eigenvalue weighted by atomic mass is 16.1. The minimum atomic E-state index is -0.363. The molecule has 0 unspecified atom stereocenters. The maximum Gasteiger partial charge on any atom is 0.272 e. The summed E-state index contributed by atoms with van der Waals surface area (Å²) in [6.45, 7) is 3.63. The van der Waals surface area contributed by atoms with Gasteiger partial charge in [0, 0.05) is 30.4 Å². The first-order valence-corrected chi connectivity index (χ1v) is 9.22. The van der Waals surface area contributed by atoms with Gasteiger partial charge in [-0.3, -0.25) is 14.7 Å². The molecular weight excluding hydrogens is 368 g/mol. The monoisotopic (exact) mass is 388 g/mol. The predicted octanol–water partition coefficient (Wildman–Crippen LogP) is 2.14. The Hall–Kier alpha value is -3.81. The SMILES string of the molecule is Cc1cc2nc(C[C@@H](NC(=O)c3cncnc3C)c3ccccc3)cc(=O)n2[nH]1. The van der Waals surface area contributed by atoms with Crippen molar-refractivity contribution in [1.82, 2.24) is 29.9 Å². The van der Waals surface area contributed by atoms with E-state index in [-0.39, 0.29) is 17.5 Å². The van der Waals surface area contributed by atoms with Crippen LogP contribution in [0.25, 0.3) is 5.65 Å². The number of hydrogen-bond donors (Lipinski definition) is 2. The van der Waals surface area contributed by atoms with Crippen molar-refractivity contribution >= 4 is 11.6 Å². The van der Waals surface area contributed by atoms with E-state index in [2.05, 4.69) is 25.4 Å². The molecule has 3 heterocycles. The summed E-state index contributed by atoms with van der Waals surface area (Å²) in [5.41, 5.74) is 3.74. The average molecular weight is 388 g/mol. The van der Waals surface area contributed by atoms with E-state index in [0.717, 1.165) is 11.3 Å². The number of fused-ring (bicyclic) bond motifs is 1. The standard InChI is InChI=1S/C21H20N6O2/c1-13-8-19-24-16(10-20(28)27(19)26-13)9-18(15-6-4-3-5-7-15)25-21(29)17-11-22-12-23-14(17)2/h3-8,10-12,18,26H,9H2,1-2H3,(H,25,29)/t18-/m1/s1. The maximum absolute atomic E-state index is 12.8. The Morgan fingerprint density at radius 1 is 1.21 bits per heavy atom. The zero-order valence-corrected chi connectivity index (χ0v) is 16.1. The van der Waals surface area contributed by atoms with Crippen molar-refractivity contribution in [3.8, 4) is 0 Å². The molecule has 29 heavy (non-hydrogen) atoms. The molecule has 1 amide bonds. The predicted molar refractivity (Wildman–Crippen MR) is 108 cm³/mol. The van der Waals surface area contributed by atoms with E-state index in [4.69, 9.17) is 0 Å².